The van der Waals surface area contributed by atoms with Gasteiger partial charge in [-0.1, -0.05) is 12.1 Å². The molecule has 0 atom stereocenters. The summed E-state index contributed by atoms with van der Waals surface area (Å²) in [4.78, 5) is 12.5. The van der Waals surface area contributed by atoms with Crippen molar-refractivity contribution in [3.8, 4) is 11.4 Å². The van der Waals surface area contributed by atoms with Gasteiger partial charge < -0.3 is 9.88 Å². The monoisotopic (exact) mass is 352 g/mol. The maximum Gasteiger partial charge on any atom is 0.224 e. The van der Waals surface area contributed by atoms with Crippen molar-refractivity contribution >= 4 is 11.6 Å². The molecule has 0 unspecified atom stereocenters. The second-order valence-electron chi connectivity index (χ2n) is 6.56. The molecule has 0 saturated carbocycles. The van der Waals surface area contributed by atoms with Crippen molar-refractivity contribution in [2.45, 2.75) is 33.6 Å². The number of benzene rings is 1. The van der Waals surface area contributed by atoms with E-state index in [-0.39, 0.29) is 5.91 Å². The fraction of sp³-hybridized carbons (Fsp3) is 0.368. The number of nitrogens with zero attached hydrogens (tertiary/aromatic N) is 5. The molecule has 0 aliphatic rings. The lowest BCUT2D eigenvalue weighted by atomic mass is 10.0. The van der Waals surface area contributed by atoms with Crippen molar-refractivity contribution in [2.75, 3.05) is 5.32 Å². The fourth-order valence-corrected chi connectivity index (χ4v) is 3.17. The summed E-state index contributed by atoms with van der Waals surface area (Å²) in [7, 11) is 3.83. The van der Waals surface area contributed by atoms with Crippen LogP contribution < -0.4 is 5.32 Å². The molecule has 7 heteroatoms. The number of amides is 1. The zero-order valence-corrected chi connectivity index (χ0v) is 15.9. The molecule has 3 rings (SSSR count). The zero-order chi connectivity index (χ0) is 18.8. The summed E-state index contributed by atoms with van der Waals surface area (Å²) in [5.41, 5.74) is 5.98. The van der Waals surface area contributed by atoms with Crippen LogP contribution >= 0.6 is 0 Å². The second kappa shape index (κ2) is 7.11. The highest BCUT2D eigenvalue weighted by atomic mass is 16.1. The molecule has 26 heavy (non-hydrogen) atoms. The Labute approximate surface area is 153 Å². The maximum absolute atomic E-state index is 12.5. The van der Waals surface area contributed by atoms with Gasteiger partial charge >= 0.3 is 0 Å². The van der Waals surface area contributed by atoms with Crippen LogP contribution in [0.15, 0.2) is 24.5 Å². The number of rotatable bonds is 5. The van der Waals surface area contributed by atoms with E-state index in [0.29, 0.717) is 12.8 Å². The average Bonchev–Trinajstić information content (AvgIpc) is 3.12. The predicted molar refractivity (Wildman–Crippen MR) is 101 cm³/mol. The predicted octanol–water partition coefficient (Wildman–Crippen LogP) is 2.71. The molecule has 2 heterocycles. The summed E-state index contributed by atoms with van der Waals surface area (Å²) in [5, 5.41) is 15.5. The molecule has 0 bridgehead atoms. The highest BCUT2D eigenvalue weighted by Crippen LogP contribution is 2.27. The molecule has 0 fully saturated rings. The first-order chi connectivity index (χ1) is 12.4. The number of aryl methyl sites for hydroxylation is 3. The van der Waals surface area contributed by atoms with Crippen molar-refractivity contribution in [2.24, 2.45) is 14.1 Å². The lowest BCUT2D eigenvalue weighted by Gasteiger charge is -2.12. The van der Waals surface area contributed by atoms with Crippen LogP contribution in [0, 0.1) is 20.8 Å². The molecule has 136 valence electrons. The summed E-state index contributed by atoms with van der Waals surface area (Å²) in [6.45, 7) is 5.99. The first kappa shape index (κ1) is 17.8. The molecule has 0 aliphatic carbocycles. The molecule has 1 N–H and O–H groups in total. The SMILES string of the molecule is Cc1nn(C)c(C)c1CCC(=O)Nc1cccc(-c2nncn2C)c1C. The van der Waals surface area contributed by atoms with Gasteiger partial charge in [0.05, 0.1) is 5.69 Å². The Hall–Kier alpha value is -2.96. The number of hydrogen-bond donors (Lipinski definition) is 1. The van der Waals surface area contributed by atoms with Crippen LogP contribution in [-0.4, -0.2) is 30.5 Å². The van der Waals surface area contributed by atoms with Gasteiger partial charge in [-0.25, -0.2) is 0 Å². The zero-order valence-electron chi connectivity index (χ0n) is 15.9. The Kier molecular flexibility index (Phi) is 4.88. The van der Waals surface area contributed by atoms with Gasteiger partial charge in [0.1, 0.15) is 6.33 Å². The Morgan fingerprint density at radius 3 is 2.58 bits per heavy atom. The molecule has 1 amide bonds. The lowest BCUT2D eigenvalue weighted by Crippen LogP contribution is -2.14. The molecule has 7 nitrogen and oxygen atoms in total. The maximum atomic E-state index is 12.5. The van der Waals surface area contributed by atoms with Gasteiger partial charge in [-0.2, -0.15) is 5.10 Å². The summed E-state index contributed by atoms with van der Waals surface area (Å²) in [6, 6.07) is 5.81. The van der Waals surface area contributed by atoms with Gasteiger partial charge in [-0.3, -0.25) is 9.48 Å². The molecule has 0 spiro atoms. The van der Waals surface area contributed by atoms with Crippen LogP contribution in [0.25, 0.3) is 11.4 Å². The van der Waals surface area contributed by atoms with Crippen molar-refractivity contribution in [3.05, 3.63) is 47.0 Å². The van der Waals surface area contributed by atoms with Crippen LogP contribution in [-0.2, 0) is 25.3 Å². The van der Waals surface area contributed by atoms with Crippen LogP contribution in [0.2, 0.25) is 0 Å². The van der Waals surface area contributed by atoms with E-state index in [9.17, 15) is 4.79 Å². The van der Waals surface area contributed by atoms with Gasteiger partial charge in [-0.05, 0) is 44.4 Å². The van der Waals surface area contributed by atoms with Crippen LogP contribution in [0.1, 0.15) is 28.9 Å². The van der Waals surface area contributed by atoms with E-state index in [0.717, 1.165) is 39.6 Å². The largest absolute Gasteiger partial charge is 0.326 e. The lowest BCUT2D eigenvalue weighted by molar-refractivity contribution is -0.116. The Morgan fingerprint density at radius 1 is 1.19 bits per heavy atom. The van der Waals surface area contributed by atoms with E-state index < -0.39 is 0 Å². The van der Waals surface area contributed by atoms with Crippen LogP contribution in [0.3, 0.4) is 0 Å². The standard InChI is InChI=1S/C19H24N6O/c1-12-15(19-22-20-11-24(19)4)7-6-8-17(12)21-18(26)10-9-16-13(2)23-25(5)14(16)3/h6-8,11H,9-10H2,1-5H3,(H,21,26). The van der Waals surface area contributed by atoms with E-state index in [1.807, 2.05) is 62.3 Å². The molecule has 0 aliphatic heterocycles. The van der Waals surface area contributed by atoms with Crippen molar-refractivity contribution in [3.63, 3.8) is 0 Å². The molecule has 2 aromatic heterocycles. The van der Waals surface area contributed by atoms with E-state index in [4.69, 9.17) is 0 Å². The van der Waals surface area contributed by atoms with Gasteiger partial charge in [-0.15, -0.1) is 10.2 Å². The number of aromatic nitrogens is 5. The fourth-order valence-electron chi connectivity index (χ4n) is 3.17. The summed E-state index contributed by atoms with van der Waals surface area (Å²) in [5.74, 6) is 0.770. The van der Waals surface area contributed by atoms with Gasteiger partial charge in [0.2, 0.25) is 5.91 Å². The highest BCUT2D eigenvalue weighted by Gasteiger charge is 2.14. The normalized spacial score (nSPS) is 11.0. The third kappa shape index (κ3) is 3.37. The Balaban J connectivity index is 1.73. The molecule has 3 aromatic rings. The second-order valence-corrected chi connectivity index (χ2v) is 6.56. The first-order valence-electron chi connectivity index (χ1n) is 8.61. The third-order valence-corrected chi connectivity index (χ3v) is 4.82. The van der Waals surface area contributed by atoms with E-state index in [2.05, 4.69) is 20.6 Å². The quantitative estimate of drug-likeness (QED) is 0.766. The number of nitrogens with one attached hydrogen (secondary N) is 1. The topological polar surface area (TPSA) is 77.6 Å². The van der Waals surface area contributed by atoms with E-state index >= 15 is 0 Å². The molecule has 0 radical (unpaired) electrons. The van der Waals surface area contributed by atoms with Crippen LogP contribution in [0.4, 0.5) is 5.69 Å². The molecule has 0 saturated heterocycles. The smallest absolute Gasteiger partial charge is 0.224 e. The van der Waals surface area contributed by atoms with Crippen molar-refractivity contribution < 1.29 is 4.79 Å². The summed E-state index contributed by atoms with van der Waals surface area (Å²) >= 11 is 0. The van der Waals surface area contributed by atoms with E-state index in [1.54, 1.807) is 6.33 Å². The number of carbonyl (C=O) groups is 1. The number of carbonyl (C=O) groups excluding carboxylic acids is 1. The minimum Gasteiger partial charge on any atom is -0.326 e. The van der Waals surface area contributed by atoms with Gasteiger partial charge in [0.15, 0.2) is 5.82 Å². The van der Waals surface area contributed by atoms with Gasteiger partial charge in [0, 0.05) is 37.5 Å². The van der Waals surface area contributed by atoms with E-state index in [1.165, 1.54) is 0 Å². The summed E-state index contributed by atoms with van der Waals surface area (Å²) < 4.78 is 3.72. The highest BCUT2D eigenvalue weighted by molar-refractivity contribution is 5.92. The first-order valence-corrected chi connectivity index (χ1v) is 8.61. The minimum absolute atomic E-state index is 0.00846. The Morgan fingerprint density at radius 2 is 1.96 bits per heavy atom. The average molecular weight is 352 g/mol. The number of hydrogen-bond acceptors (Lipinski definition) is 4. The minimum atomic E-state index is -0.00846. The molecule has 1 aromatic carbocycles. The van der Waals surface area contributed by atoms with Crippen molar-refractivity contribution in [1.82, 2.24) is 24.5 Å². The Bertz CT molecular complexity index is 953. The summed E-state index contributed by atoms with van der Waals surface area (Å²) in [6.07, 6.45) is 2.76. The van der Waals surface area contributed by atoms with Crippen molar-refractivity contribution in [1.29, 1.82) is 0 Å². The third-order valence-electron chi connectivity index (χ3n) is 4.82. The number of anilines is 1. The molecular formula is C19H24N6O. The molecular weight excluding hydrogens is 328 g/mol. The van der Waals surface area contributed by atoms with Crippen LogP contribution in [0.5, 0.6) is 0 Å². The van der Waals surface area contributed by atoms with Gasteiger partial charge in [0.25, 0.3) is 0 Å².